The molecule has 0 fully saturated rings. The first kappa shape index (κ1) is 56.6. The smallest absolute Gasteiger partial charge is 0.0619 e. The first-order valence-electron chi connectivity index (χ1n) is 10.9. The van der Waals surface area contributed by atoms with Crippen molar-refractivity contribution in [3.8, 4) is 0 Å². The number of halogens is 6. The number of hydrogen-bond donors (Lipinski definition) is 12. The van der Waals surface area contributed by atoms with E-state index >= 15 is 0 Å². The van der Waals surface area contributed by atoms with Crippen molar-refractivity contribution in [2.45, 2.75) is 14.7 Å². The van der Waals surface area contributed by atoms with Gasteiger partial charge in [-0.05, 0) is 36.4 Å². The predicted octanol–water partition coefficient (Wildman–Crippen LogP) is -2.38. The van der Waals surface area contributed by atoms with Crippen LogP contribution in [0.15, 0.2) is 106 Å². The molecule has 12 N–H and O–H groups in total. The van der Waals surface area contributed by atoms with E-state index in [1.165, 1.54) is 14.7 Å². The van der Waals surface area contributed by atoms with Gasteiger partial charge in [-0.1, -0.05) is 54.6 Å². The van der Waals surface area contributed by atoms with E-state index in [-0.39, 0.29) is 10.9 Å². The molecule has 18 nitrogen and oxygen atoms in total. The van der Waals surface area contributed by atoms with Crippen molar-refractivity contribution < 1.29 is 75.6 Å². The maximum Gasteiger partial charge on any atom is 0.166 e. The minimum atomic E-state index is -5.85. The summed E-state index contributed by atoms with van der Waals surface area (Å²) in [6.07, 6.45) is 0. The summed E-state index contributed by atoms with van der Waals surface area (Å²) in [7, 11) is -0.0146. The van der Waals surface area contributed by atoms with Crippen molar-refractivity contribution in [2.24, 2.45) is 0 Å². The SMILES string of the molecule is [O]=[Sb]([OH])([OH])[F].[O]=[Sb]([OH])([OH])[F].[O]=[Sb]([OH])([OH])[F].[O]=[Sb]([OH])([OH])[F].[O]=[Sb]([OH])([OH])[F].[O]=[Sb]([OH])([OH])[F].c1ccc([S+](c2ccccc2)c2ccccc2)cc1. The van der Waals surface area contributed by atoms with Gasteiger partial charge in [-0.2, -0.15) is 0 Å². The monoisotopic (exact) mass is 1400 g/mol. The van der Waals surface area contributed by atoms with Crippen LogP contribution in [0.1, 0.15) is 0 Å². The minimum Gasteiger partial charge on any atom is -0.0619 e. The molecule has 0 amide bonds. The van der Waals surface area contributed by atoms with Crippen LogP contribution in [0.2, 0.25) is 0 Å². The van der Waals surface area contributed by atoms with Crippen LogP contribution >= 0.6 is 0 Å². The van der Waals surface area contributed by atoms with Crippen molar-refractivity contribution in [2.75, 3.05) is 0 Å². The Kier molecular flexibility index (Phi) is 31.6. The Balaban J connectivity index is -0.000000280. The molecule has 0 unspecified atom stereocenters. The Bertz CT molecular complexity index is 1280. The average molecular weight is 1410 g/mol. The Morgan fingerprint density at radius 3 is 0.510 bits per heavy atom. The van der Waals surface area contributed by atoms with Crippen LogP contribution in [-0.2, 0) is 29.0 Å². The Hall–Kier alpha value is 0.819. The summed E-state index contributed by atoms with van der Waals surface area (Å²) in [6, 6.07) is 32.2. The third-order valence-electron chi connectivity index (χ3n) is 2.94. The summed E-state index contributed by atoms with van der Waals surface area (Å²) in [6.45, 7) is 0. The first-order valence-corrected chi connectivity index (χ1v) is 37.8. The summed E-state index contributed by atoms with van der Waals surface area (Å²) in [4.78, 5) is 4.08. The van der Waals surface area contributed by atoms with Gasteiger partial charge in [0.1, 0.15) is 0 Å². The molecule has 49 heavy (non-hydrogen) atoms. The molecule has 0 spiro atoms. The molecule has 284 valence electrons. The third kappa shape index (κ3) is 78.9. The van der Waals surface area contributed by atoms with E-state index in [2.05, 4.69) is 91.0 Å². The van der Waals surface area contributed by atoms with Crippen LogP contribution in [0.3, 0.4) is 0 Å². The Morgan fingerprint density at radius 2 is 0.408 bits per heavy atom. The molecule has 3 aromatic rings. The summed E-state index contributed by atoms with van der Waals surface area (Å²) in [5, 5.41) is 0. The fourth-order valence-electron chi connectivity index (χ4n) is 2.08. The second kappa shape index (κ2) is 27.4. The zero-order chi connectivity index (χ0) is 39.9. The van der Waals surface area contributed by atoms with Gasteiger partial charge >= 0.3 is 197 Å². The molecule has 0 aliphatic heterocycles. The Labute approximate surface area is 309 Å². The van der Waals surface area contributed by atoms with Crippen LogP contribution in [0, 0.1) is 0 Å². The molecule has 0 aliphatic rings. The molecule has 0 saturated heterocycles. The van der Waals surface area contributed by atoms with Gasteiger partial charge in [-0.15, -0.1) is 0 Å². The van der Waals surface area contributed by atoms with E-state index in [0.717, 1.165) is 0 Å². The fraction of sp³-hybridized carbons (Fsp3) is 0. The molecule has 31 heteroatoms. The van der Waals surface area contributed by atoms with Gasteiger partial charge in [0, 0.05) is 0 Å². The van der Waals surface area contributed by atoms with E-state index in [4.69, 9.17) is 58.7 Å². The summed E-state index contributed by atoms with van der Waals surface area (Å²) >= 11 is -35.1. The largest absolute Gasteiger partial charge is 0.166 e. The second-order valence-corrected chi connectivity index (χ2v) is 25.3. The number of rotatable bonds is 3. The van der Waals surface area contributed by atoms with E-state index in [1.807, 2.05) is 0 Å². The van der Waals surface area contributed by atoms with Crippen LogP contribution in [0.25, 0.3) is 0 Å². The van der Waals surface area contributed by atoms with Crippen LogP contribution in [0.5, 0.6) is 0 Å². The number of hydrogen-bond acceptors (Lipinski definition) is 6. The molecule has 0 atom stereocenters. The van der Waals surface area contributed by atoms with E-state index in [0.29, 0.717) is 0 Å². The van der Waals surface area contributed by atoms with Gasteiger partial charge in [0.05, 0.1) is 10.9 Å². The molecule has 0 heterocycles. The first-order chi connectivity index (χ1) is 21.4. The molecular weight excluding hydrogens is 1380 g/mol. The fourth-order valence-corrected chi connectivity index (χ4v) is 4.18. The Morgan fingerprint density at radius 1 is 0.306 bits per heavy atom. The van der Waals surface area contributed by atoms with Crippen molar-refractivity contribution >= 4 is 132 Å². The topological polar surface area (TPSA) is 345 Å². The molecule has 0 aromatic heterocycles. The zero-order valence-electron chi connectivity index (χ0n) is 23.3. The maximum atomic E-state index is 10.4. The van der Waals surface area contributed by atoms with Crippen molar-refractivity contribution in [3.63, 3.8) is 0 Å². The summed E-state index contributed by atoms with van der Waals surface area (Å²) in [5.41, 5.74) is 0. The van der Waals surface area contributed by atoms with Gasteiger partial charge in [0.15, 0.2) is 14.7 Å². The summed E-state index contributed by atoms with van der Waals surface area (Å²) < 4.78 is 200. The molecule has 0 aliphatic carbocycles. The van der Waals surface area contributed by atoms with Crippen LogP contribution in [-0.4, -0.2) is 162 Å². The zero-order valence-corrected chi connectivity index (χ0v) is 39.5. The quantitative estimate of drug-likeness (QED) is 0.0740. The van der Waals surface area contributed by atoms with Gasteiger partial charge < -0.3 is 0 Å². The van der Waals surface area contributed by atoms with Crippen LogP contribution < -0.4 is 0 Å². The predicted molar refractivity (Wildman–Crippen MR) is 153 cm³/mol. The van der Waals surface area contributed by atoms with Gasteiger partial charge in [0.2, 0.25) is 0 Å². The van der Waals surface area contributed by atoms with E-state index in [1.54, 1.807) is 0 Å². The average Bonchev–Trinajstić information content (AvgIpc) is 2.80. The molecule has 3 rings (SSSR count). The maximum absolute atomic E-state index is 10.4. The van der Waals surface area contributed by atoms with Crippen molar-refractivity contribution in [1.82, 2.24) is 0 Å². The number of benzene rings is 3. The van der Waals surface area contributed by atoms with Gasteiger partial charge in [0.25, 0.3) is 0 Å². The van der Waals surface area contributed by atoms with Crippen molar-refractivity contribution in [1.29, 1.82) is 0 Å². The normalized spacial score (nSPS) is 11.3. The molecule has 0 bridgehead atoms. The van der Waals surface area contributed by atoms with E-state index < -0.39 is 121 Å². The van der Waals surface area contributed by atoms with Crippen molar-refractivity contribution in [3.05, 3.63) is 91.0 Å². The van der Waals surface area contributed by atoms with Crippen LogP contribution in [0.4, 0.5) is 16.9 Å². The second-order valence-electron chi connectivity index (χ2n) is 7.08. The molecule has 3 aromatic carbocycles. The minimum absolute atomic E-state index is 0.0146. The summed E-state index contributed by atoms with van der Waals surface area (Å²) in [5.74, 6) is 0. The third-order valence-corrected chi connectivity index (χ3v) is 5.17. The van der Waals surface area contributed by atoms with Gasteiger partial charge in [-0.3, -0.25) is 0 Å². The van der Waals surface area contributed by atoms with Gasteiger partial charge in [-0.25, -0.2) is 0 Å². The molecule has 0 saturated carbocycles. The van der Waals surface area contributed by atoms with E-state index in [9.17, 15) is 16.9 Å². The standard InChI is InChI=1S/C18H15S.6FH.12H2O.6O.6Sb/c1-4-10-16(11-5-1)19(17-12-6-2-7-13-17)18-14-8-3-9-15-18;;;;;;;;;;;;;;;;;;;;;;;;;;;;;;/h1-15H;6*1H;12*1H2;;;;;;;;;;;;/q+1;;;;;;;;;;;;;;;;;;;;;;;;;6*+3/p-18. The molecule has 0 radical (unpaired) electrons. The molecular formula is C18H27F6O18SSb6+.